The van der Waals surface area contributed by atoms with Crippen molar-refractivity contribution in [2.24, 2.45) is 0 Å². The van der Waals surface area contributed by atoms with Crippen molar-refractivity contribution < 1.29 is 8.83 Å². The summed E-state index contributed by atoms with van der Waals surface area (Å²) in [5, 5.41) is 27.7. The van der Waals surface area contributed by atoms with Gasteiger partial charge in [0.2, 0.25) is 0 Å². The van der Waals surface area contributed by atoms with Crippen LogP contribution in [-0.4, -0.2) is 9.13 Å². The molecule has 11 rings (SSSR count). The number of hydrogen-bond acceptors (Lipinski definition) is 4. The highest BCUT2D eigenvalue weighted by Gasteiger charge is 2.19. The van der Waals surface area contributed by atoms with Crippen molar-refractivity contribution in [1.82, 2.24) is 9.13 Å². The van der Waals surface area contributed by atoms with E-state index in [2.05, 4.69) is 100 Å². The summed E-state index contributed by atoms with van der Waals surface area (Å²) >= 11 is 0. The van der Waals surface area contributed by atoms with Crippen LogP contribution >= 0.6 is 0 Å². The van der Waals surface area contributed by atoms with Crippen molar-refractivity contribution in [3.05, 3.63) is 145 Å². The van der Waals surface area contributed by atoms with Crippen molar-refractivity contribution in [3.8, 4) is 23.5 Å². The van der Waals surface area contributed by atoms with Crippen LogP contribution in [0.4, 0.5) is 0 Å². The fourth-order valence-electron chi connectivity index (χ4n) is 7.94. The number of nitrogens with zero attached hydrogens (tertiary/aromatic N) is 4. The lowest BCUT2D eigenvalue weighted by Crippen LogP contribution is -1.94. The fraction of sp³-hybridized carbons (Fsp3) is 0. The summed E-state index contributed by atoms with van der Waals surface area (Å²) in [5.41, 5.74) is 10.7. The van der Waals surface area contributed by atoms with Gasteiger partial charge < -0.3 is 18.0 Å². The maximum atomic E-state index is 9.65. The van der Waals surface area contributed by atoms with Crippen LogP contribution in [0.2, 0.25) is 0 Å². The molecular formula is C44H22N4O2. The molecule has 6 heteroatoms. The molecule has 0 saturated heterocycles. The van der Waals surface area contributed by atoms with Crippen LogP contribution in [0.25, 0.3) is 98.9 Å². The second kappa shape index (κ2) is 9.64. The second-order valence-electron chi connectivity index (χ2n) is 12.8. The van der Waals surface area contributed by atoms with Crippen molar-refractivity contribution in [3.63, 3.8) is 0 Å². The summed E-state index contributed by atoms with van der Waals surface area (Å²) in [6.07, 6.45) is 0. The second-order valence-corrected chi connectivity index (χ2v) is 12.8. The summed E-state index contributed by atoms with van der Waals surface area (Å²) in [6.45, 7) is 0. The summed E-state index contributed by atoms with van der Waals surface area (Å²) < 4.78 is 17.2. The first-order valence-electron chi connectivity index (χ1n) is 16.4. The van der Waals surface area contributed by atoms with Gasteiger partial charge in [0.25, 0.3) is 0 Å². The highest BCUT2D eigenvalue weighted by molar-refractivity contribution is 6.17. The molecule has 4 heterocycles. The Morgan fingerprint density at radius 2 is 0.860 bits per heavy atom. The van der Waals surface area contributed by atoms with Crippen LogP contribution in [0, 0.1) is 22.7 Å². The maximum absolute atomic E-state index is 9.65. The summed E-state index contributed by atoms with van der Waals surface area (Å²) in [4.78, 5) is 0. The van der Waals surface area contributed by atoms with Crippen LogP contribution in [0.1, 0.15) is 11.1 Å². The average molecular weight is 639 g/mol. The van der Waals surface area contributed by atoms with Crippen LogP contribution in [-0.2, 0) is 0 Å². The summed E-state index contributed by atoms with van der Waals surface area (Å²) in [5.74, 6) is 0. The Bertz CT molecular complexity index is 3280. The Morgan fingerprint density at radius 1 is 0.360 bits per heavy atom. The van der Waals surface area contributed by atoms with Crippen LogP contribution in [0.15, 0.2) is 142 Å². The minimum Gasteiger partial charge on any atom is -0.456 e. The van der Waals surface area contributed by atoms with Gasteiger partial charge in [-0.2, -0.15) is 10.5 Å². The fourth-order valence-corrected chi connectivity index (χ4v) is 7.94. The minimum atomic E-state index is 0.578. The third-order valence-corrected chi connectivity index (χ3v) is 10.1. The lowest BCUT2D eigenvalue weighted by molar-refractivity contribution is 0.668. The van der Waals surface area contributed by atoms with Gasteiger partial charge in [0, 0.05) is 54.5 Å². The van der Waals surface area contributed by atoms with Crippen molar-refractivity contribution in [2.75, 3.05) is 0 Å². The van der Waals surface area contributed by atoms with Gasteiger partial charge >= 0.3 is 0 Å². The quantitative estimate of drug-likeness (QED) is 0.189. The molecule has 6 nitrogen and oxygen atoms in total. The van der Waals surface area contributed by atoms with Crippen LogP contribution in [0.3, 0.4) is 0 Å². The molecule has 0 aliphatic carbocycles. The average Bonchev–Trinajstić information content (AvgIpc) is 3.90. The first kappa shape index (κ1) is 26.8. The first-order valence-corrected chi connectivity index (χ1v) is 16.4. The van der Waals surface area contributed by atoms with Gasteiger partial charge in [-0.3, -0.25) is 0 Å². The molecule has 0 saturated carbocycles. The van der Waals surface area contributed by atoms with Gasteiger partial charge in [0.1, 0.15) is 22.3 Å². The molecule has 0 N–H and O–H groups in total. The van der Waals surface area contributed by atoms with E-state index in [1.807, 2.05) is 54.6 Å². The number of furan rings is 2. The van der Waals surface area contributed by atoms with Crippen LogP contribution < -0.4 is 0 Å². The van der Waals surface area contributed by atoms with E-state index >= 15 is 0 Å². The maximum Gasteiger partial charge on any atom is 0.136 e. The van der Waals surface area contributed by atoms with E-state index in [0.717, 1.165) is 98.9 Å². The molecule has 0 aliphatic rings. The Hall–Kier alpha value is -7.28. The van der Waals surface area contributed by atoms with E-state index in [1.54, 1.807) is 0 Å². The number of para-hydroxylation sites is 2. The monoisotopic (exact) mass is 638 g/mol. The van der Waals surface area contributed by atoms with Gasteiger partial charge in [-0.15, -0.1) is 0 Å². The Balaban J connectivity index is 1.17. The normalized spacial score (nSPS) is 12.0. The molecule has 0 amide bonds. The van der Waals surface area contributed by atoms with Gasteiger partial charge in [-0.05, 0) is 97.1 Å². The molecular weight excluding hydrogens is 617 g/mol. The lowest BCUT2D eigenvalue weighted by atomic mass is 10.1. The molecule has 7 aromatic carbocycles. The molecule has 0 aliphatic heterocycles. The van der Waals surface area contributed by atoms with Gasteiger partial charge in [0.15, 0.2) is 0 Å². The van der Waals surface area contributed by atoms with Gasteiger partial charge in [-0.25, -0.2) is 0 Å². The Kier molecular flexibility index (Phi) is 5.16. The zero-order chi connectivity index (χ0) is 33.1. The lowest BCUT2D eigenvalue weighted by Gasteiger charge is -2.09. The van der Waals surface area contributed by atoms with E-state index in [-0.39, 0.29) is 0 Å². The van der Waals surface area contributed by atoms with Crippen LogP contribution in [0.5, 0.6) is 0 Å². The zero-order valence-electron chi connectivity index (χ0n) is 26.3. The van der Waals surface area contributed by atoms with E-state index in [4.69, 9.17) is 8.83 Å². The number of fused-ring (bicyclic) bond motifs is 12. The number of benzene rings is 7. The zero-order valence-corrected chi connectivity index (χ0v) is 26.3. The van der Waals surface area contributed by atoms with Crippen molar-refractivity contribution in [1.29, 1.82) is 10.5 Å². The molecule has 230 valence electrons. The third kappa shape index (κ3) is 3.54. The highest BCUT2D eigenvalue weighted by Crippen LogP contribution is 2.40. The first-order chi connectivity index (χ1) is 24.7. The largest absolute Gasteiger partial charge is 0.456 e. The molecule has 0 bridgehead atoms. The van der Waals surface area contributed by atoms with E-state index in [1.165, 1.54) is 0 Å². The smallest absolute Gasteiger partial charge is 0.136 e. The Labute approximate surface area is 283 Å². The molecule has 0 radical (unpaired) electrons. The molecule has 0 unspecified atom stereocenters. The molecule has 11 aromatic rings. The number of hydrogen-bond donors (Lipinski definition) is 0. The number of nitriles is 2. The highest BCUT2D eigenvalue weighted by atomic mass is 16.3. The molecule has 4 aromatic heterocycles. The van der Waals surface area contributed by atoms with Crippen molar-refractivity contribution in [2.45, 2.75) is 0 Å². The van der Waals surface area contributed by atoms with E-state index in [0.29, 0.717) is 11.1 Å². The topological polar surface area (TPSA) is 83.7 Å². The summed E-state index contributed by atoms with van der Waals surface area (Å²) in [6, 6.07) is 49.8. The van der Waals surface area contributed by atoms with E-state index < -0.39 is 0 Å². The number of rotatable bonds is 2. The molecule has 50 heavy (non-hydrogen) atoms. The molecule has 0 spiro atoms. The van der Waals surface area contributed by atoms with Crippen molar-refractivity contribution >= 4 is 87.5 Å². The predicted molar refractivity (Wildman–Crippen MR) is 199 cm³/mol. The SMILES string of the molecule is N#Cc1ccc2c(c1)c1cc(C#N)ccc1n2-c1ccc2oc3ccc(-n4c5ccccc5c5cc6oc7ccccc7c6cc54)cc3c2c1. The Morgan fingerprint density at radius 3 is 1.52 bits per heavy atom. The minimum absolute atomic E-state index is 0.578. The standard InChI is InChI=1S/C44H22N4O2/c45-23-25-9-13-38-31(17-25)32-18-26(24-46)10-14-39(32)47(38)27-11-15-42-34(19-27)35-20-28(12-16-43(35)49-42)48-37-7-3-1-5-29(37)33-22-44-36(21-40(33)48)30-6-2-4-8-41(30)50-44/h1-22H. The molecule has 0 atom stereocenters. The number of aromatic nitrogens is 2. The summed E-state index contributed by atoms with van der Waals surface area (Å²) in [7, 11) is 0. The van der Waals surface area contributed by atoms with Gasteiger partial charge in [-0.1, -0.05) is 36.4 Å². The predicted octanol–water partition coefficient (Wildman–Crippen LogP) is 11.4. The third-order valence-electron chi connectivity index (χ3n) is 10.1. The van der Waals surface area contributed by atoms with Gasteiger partial charge in [0.05, 0.1) is 45.3 Å². The molecule has 0 fully saturated rings. The van der Waals surface area contributed by atoms with E-state index in [9.17, 15) is 10.5 Å².